The molecule has 1 aliphatic heterocycles. The van der Waals surface area contributed by atoms with Gasteiger partial charge in [-0.15, -0.1) is 12.4 Å². The third-order valence-corrected chi connectivity index (χ3v) is 5.23. The van der Waals surface area contributed by atoms with Crippen LogP contribution in [-0.2, 0) is 0 Å². The number of fused-ring (bicyclic) bond motifs is 1. The van der Waals surface area contributed by atoms with Gasteiger partial charge >= 0.3 is 0 Å². The summed E-state index contributed by atoms with van der Waals surface area (Å²) in [5.41, 5.74) is 2.00. The Balaban J connectivity index is 0.00000205. The quantitative estimate of drug-likeness (QED) is 0.529. The number of aromatic nitrogens is 6. The molecule has 1 fully saturated rings. The lowest BCUT2D eigenvalue weighted by Gasteiger charge is -2.32. The second kappa shape index (κ2) is 7.75. The average Bonchev–Trinajstić information content (AvgIpc) is 3.39. The van der Waals surface area contributed by atoms with Gasteiger partial charge in [0.2, 0.25) is 0 Å². The van der Waals surface area contributed by atoms with E-state index in [2.05, 4.69) is 35.0 Å². The molecule has 0 radical (unpaired) electrons. The minimum Gasteiger partial charge on any atom is -0.356 e. The fraction of sp³-hybridized carbons (Fsp3) is 0.263. The fourth-order valence-electron chi connectivity index (χ4n) is 3.72. The Morgan fingerprint density at radius 1 is 1.00 bits per heavy atom. The van der Waals surface area contributed by atoms with Crippen LogP contribution in [0.2, 0.25) is 0 Å². The lowest BCUT2D eigenvalue weighted by atomic mass is 9.96. The summed E-state index contributed by atoms with van der Waals surface area (Å²) in [6.45, 7) is 1.67. The molecule has 150 valence electrons. The third-order valence-electron chi connectivity index (χ3n) is 5.23. The Morgan fingerprint density at radius 2 is 1.83 bits per heavy atom. The molecule has 0 amide bonds. The van der Waals surface area contributed by atoms with Crippen molar-refractivity contribution in [1.29, 1.82) is 0 Å². The maximum atomic E-state index is 13.5. The topological polar surface area (TPSA) is 86.4 Å². The maximum Gasteiger partial charge on any atom is 0.160 e. The van der Waals surface area contributed by atoms with Gasteiger partial charge in [-0.2, -0.15) is 5.10 Å². The number of anilines is 1. The summed E-state index contributed by atoms with van der Waals surface area (Å²) in [7, 11) is 0. The predicted octanol–water partition coefficient (Wildman–Crippen LogP) is 3.83. The summed E-state index contributed by atoms with van der Waals surface area (Å²) in [5, 5.41) is 7.83. The monoisotopic (exact) mass is 417 g/mol. The van der Waals surface area contributed by atoms with Crippen LogP contribution >= 0.6 is 12.4 Å². The van der Waals surface area contributed by atoms with Gasteiger partial charge in [0.15, 0.2) is 17.3 Å². The van der Waals surface area contributed by atoms with Gasteiger partial charge in [0.25, 0.3) is 0 Å². The molecule has 1 saturated heterocycles. The van der Waals surface area contributed by atoms with E-state index in [0.29, 0.717) is 11.3 Å². The first-order chi connectivity index (χ1) is 13.7. The summed E-state index contributed by atoms with van der Waals surface area (Å²) in [5.74, 6) is 0.316. The smallest absolute Gasteiger partial charge is 0.160 e. The standard InChI is InChI=1S/C19H17F2N7.ClH/c20-14-2-1-12(7-15(14)21)16-9-22-17(26-16)11-3-5-28(6-4-11)19-13-8-25-27-18(13)23-10-24-19;/h1-2,7-11H,3-6H2,(H,22,26)(H,23,24,25,27);1H. The van der Waals surface area contributed by atoms with Gasteiger partial charge in [-0.1, -0.05) is 0 Å². The lowest BCUT2D eigenvalue weighted by molar-refractivity contribution is 0.487. The minimum atomic E-state index is -0.864. The van der Waals surface area contributed by atoms with E-state index in [0.717, 1.165) is 54.7 Å². The summed E-state index contributed by atoms with van der Waals surface area (Å²) in [4.78, 5) is 18.6. The molecule has 0 spiro atoms. The Hall–Kier alpha value is -3.07. The molecule has 7 nitrogen and oxygen atoms in total. The maximum absolute atomic E-state index is 13.5. The summed E-state index contributed by atoms with van der Waals surface area (Å²) in [6.07, 6.45) is 6.79. The van der Waals surface area contributed by atoms with E-state index in [4.69, 9.17) is 0 Å². The predicted molar refractivity (Wildman–Crippen MR) is 107 cm³/mol. The van der Waals surface area contributed by atoms with Crippen molar-refractivity contribution in [1.82, 2.24) is 30.1 Å². The zero-order valence-electron chi connectivity index (χ0n) is 15.3. The number of hydrogen-bond donors (Lipinski definition) is 2. The normalized spacial score (nSPS) is 14.9. The van der Waals surface area contributed by atoms with Crippen LogP contribution in [0.4, 0.5) is 14.6 Å². The van der Waals surface area contributed by atoms with E-state index in [9.17, 15) is 8.78 Å². The summed E-state index contributed by atoms with van der Waals surface area (Å²) in [6, 6.07) is 3.85. The van der Waals surface area contributed by atoms with Gasteiger partial charge in [-0.25, -0.2) is 23.7 Å². The molecular formula is C19H18ClF2N7. The number of rotatable bonds is 3. The van der Waals surface area contributed by atoms with Crippen LogP contribution in [0.5, 0.6) is 0 Å². The highest BCUT2D eigenvalue weighted by atomic mass is 35.5. The number of H-pyrrole nitrogens is 2. The third kappa shape index (κ3) is 3.53. The van der Waals surface area contributed by atoms with Crippen molar-refractivity contribution < 1.29 is 8.78 Å². The first kappa shape index (κ1) is 19.3. The highest BCUT2D eigenvalue weighted by Gasteiger charge is 2.25. The zero-order valence-corrected chi connectivity index (χ0v) is 16.1. The lowest BCUT2D eigenvalue weighted by Crippen LogP contribution is -2.33. The van der Waals surface area contributed by atoms with E-state index in [1.54, 1.807) is 24.8 Å². The van der Waals surface area contributed by atoms with Crippen molar-refractivity contribution in [3.63, 3.8) is 0 Å². The van der Waals surface area contributed by atoms with Crippen LogP contribution in [0.15, 0.2) is 36.9 Å². The van der Waals surface area contributed by atoms with Gasteiger partial charge in [0.05, 0.1) is 23.5 Å². The van der Waals surface area contributed by atoms with Crippen LogP contribution < -0.4 is 4.90 Å². The van der Waals surface area contributed by atoms with Crippen molar-refractivity contribution >= 4 is 29.3 Å². The second-order valence-corrected chi connectivity index (χ2v) is 6.90. The first-order valence-electron chi connectivity index (χ1n) is 9.08. The molecular weight excluding hydrogens is 400 g/mol. The number of nitrogens with zero attached hydrogens (tertiary/aromatic N) is 5. The number of nitrogens with one attached hydrogen (secondary N) is 2. The first-order valence-corrected chi connectivity index (χ1v) is 9.08. The van der Waals surface area contributed by atoms with E-state index >= 15 is 0 Å². The van der Waals surface area contributed by atoms with Crippen LogP contribution in [0.25, 0.3) is 22.3 Å². The molecule has 3 aromatic heterocycles. The molecule has 10 heteroatoms. The number of imidazole rings is 1. The molecule has 0 bridgehead atoms. The van der Waals surface area contributed by atoms with Crippen molar-refractivity contribution in [3.8, 4) is 11.3 Å². The second-order valence-electron chi connectivity index (χ2n) is 6.90. The molecule has 0 unspecified atom stereocenters. The van der Waals surface area contributed by atoms with Crippen molar-refractivity contribution in [2.24, 2.45) is 0 Å². The number of benzene rings is 1. The Labute approximate surface area is 171 Å². The SMILES string of the molecule is Cl.Fc1ccc(-c2cnc(C3CCN(c4ncnc5[nH]ncc45)CC3)[nH]2)cc1F. The summed E-state index contributed by atoms with van der Waals surface area (Å²) < 4.78 is 26.6. The number of piperidine rings is 1. The Morgan fingerprint density at radius 3 is 2.62 bits per heavy atom. The Kier molecular flexibility index (Phi) is 5.14. The molecule has 0 saturated carbocycles. The van der Waals surface area contributed by atoms with Crippen LogP contribution in [0.3, 0.4) is 0 Å². The van der Waals surface area contributed by atoms with Gasteiger partial charge < -0.3 is 9.88 Å². The molecule has 29 heavy (non-hydrogen) atoms. The van der Waals surface area contributed by atoms with Gasteiger partial charge in [-0.05, 0) is 31.0 Å². The molecule has 5 rings (SSSR count). The van der Waals surface area contributed by atoms with Gasteiger partial charge in [-0.3, -0.25) is 5.10 Å². The largest absolute Gasteiger partial charge is 0.356 e. The molecule has 0 aliphatic carbocycles. The molecule has 1 aliphatic rings. The van der Waals surface area contributed by atoms with Crippen molar-refractivity contribution in [2.45, 2.75) is 18.8 Å². The summed E-state index contributed by atoms with van der Waals surface area (Å²) >= 11 is 0. The van der Waals surface area contributed by atoms with E-state index in [1.165, 1.54) is 6.07 Å². The number of halogens is 3. The number of aromatic amines is 2. The van der Waals surface area contributed by atoms with E-state index in [-0.39, 0.29) is 18.3 Å². The van der Waals surface area contributed by atoms with Crippen molar-refractivity contribution in [3.05, 3.63) is 54.4 Å². The van der Waals surface area contributed by atoms with Crippen LogP contribution in [0.1, 0.15) is 24.6 Å². The van der Waals surface area contributed by atoms with Crippen LogP contribution in [0, 0.1) is 11.6 Å². The van der Waals surface area contributed by atoms with Gasteiger partial charge in [0, 0.05) is 24.6 Å². The zero-order chi connectivity index (χ0) is 19.1. The number of hydrogen-bond acceptors (Lipinski definition) is 5. The van der Waals surface area contributed by atoms with Gasteiger partial charge in [0.1, 0.15) is 18.0 Å². The molecule has 0 atom stereocenters. The fourth-order valence-corrected chi connectivity index (χ4v) is 3.72. The highest BCUT2D eigenvalue weighted by Crippen LogP contribution is 2.31. The molecule has 4 aromatic rings. The minimum absolute atomic E-state index is 0. The Bertz CT molecular complexity index is 1130. The highest BCUT2D eigenvalue weighted by molar-refractivity contribution is 5.86. The van der Waals surface area contributed by atoms with E-state index in [1.807, 2.05) is 0 Å². The average molecular weight is 418 g/mol. The molecule has 1 aromatic carbocycles. The van der Waals surface area contributed by atoms with Crippen molar-refractivity contribution in [2.75, 3.05) is 18.0 Å². The van der Waals surface area contributed by atoms with Crippen LogP contribution in [-0.4, -0.2) is 43.2 Å². The van der Waals surface area contributed by atoms with E-state index < -0.39 is 11.6 Å². The molecule has 4 heterocycles. The molecule has 2 N–H and O–H groups in total.